The summed E-state index contributed by atoms with van der Waals surface area (Å²) in [6.07, 6.45) is 0.296. The normalized spacial score (nSPS) is 16.2. The van der Waals surface area contributed by atoms with Crippen LogP contribution in [0.2, 0.25) is 0 Å². The molecule has 0 aromatic heterocycles. The summed E-state index contributed by atoms with van der Waals surface area (Å²) in [5.74, 6) is -1.37. The smallest absolute Gasteiger partial charge is 0.262 e. The van der Waals surface area contributed by atoms with Gasteiger partial charge in [-0.15, -0.1) is 0 Å². The van der Waals surface area contributed by atoms with Gasteiger partial charge in [0.25, 0.3) is 23.6 Å². The zero-order chi connectivity index (χ0) is 19.3. The van der Waals surface area contributed by atoms with Gasteiger partial charge < -0.3 is 0 Å². The van der Waals surface area contributed by atoms with Gasteiger partial charge in [-0.3, -0.25) is 29.0 Å². The van der Waals surface area contributed by atoms with Crippen molar-refractivity contribution in [1.82, 2.24) is 9.80 Å². The maximum absolute atomic E-state index is 12.7. The van der Waals surface area contributed by atoms with E-state index in [-0.39, 0.29) is 30.2 Å². The maximum Gasteiger partial charge on any atom is 0.262 e. The van der Waals surface area contributed by atoms with Gasteiger partial charge in [0.2, 0.25) is 0 Å². The third-order valence-electron chi connectivity index (χ3n) is 5.22. The predicted octanol–water partition coefficient (Wildman–Crippen LogP) is 2.75. The van der Waals surface area contributed by atoms with Crippen LogP contribution in [0.25, 0.3) is 0 Å². The SMILES string of the molecule is CC(C)(CCN1C(=O)c2ccccc2C1=O)N1C(=O)c2ccccc2C1=O. The molecule has 27 heavy (non-hydrogen) atoms. The molecule has 2 aromatic carbocycles. The van der Waals surface area contributed by atoms with E-state index in [9.17, 15) is 19.2 Å². The standard InChI is InChI=1S/C21H18N2O4/c1-21(2,23-19(26)15-9-5-6-10-16(15)20(23)27)11-12-22-17(24)13-7-3-4-8-14(13)18(22)25/h3-10H,11-12H2,1-2H3. The molecule has 6 nitrogen and oxygen atoms in total. The Balaban J connectivity index is 1.54. The molecule has 2 aliphatic rings. The fourth-order valence-corrected chi connectivity index (χ4v) is 3.68. The largest absolute Gasteiger partial charge is 0.274 e. The van der Waals surface area contributed by atoms with Crippen LogP contribution in [-0.4, -0.2) is 45.5 Å². The van der Waals surface area contributed by atoms with E-state index >= 15 is 0 Å². The molecule has 2 aromatic rings. The summed E-state index contributed by atoms with van der Waals surface area (Å²) in [5, 5.41) is 0. The summed E-state index contributed by atoms with van der Waals surface area (Å²) in [7, 11) is 0. The van der Waals surface area contributed by atoms with E-state index in [1.165, 1.54) is 9.80 Å². The van der Waals surface area contributed by atoms with Gasteiger partial charge in [0.05, 0.1) is 22.3 Å². The van der Waals surface area contributed by atoms with Crippen molar-refractivity contribution in [1.29, 1.82) is 0 Å². The summed E-state index contributed by atoms with van der Waals surface area (Å²) >= 11 is 0. The van der Waals surface area contributed by atoms with Gasteiger partial charge in [0, 0.05) is 12.1 Å². The summed E-state index contributed by atoms with van der Waals surface area (Å²) in [6.45, 7) is 3.67. The van der Waals surface area contributed by atoms with E-state index in [4.69, 9.17) is 0 Å². The van der Waals surface area contributed by atoms with Crippen LogP contribution in [0.5, 0.6) is 0 Å². The molecule has 0 saturated heterocycles. The Hall–Kier alpha value is -3.28. The van der Waals surface area contributed by atoms with Crippen molar-refractivity contribution in [3.63, 3.8) is 0 Å². The van der Waals surface area contributed by atoms with E-state index in [1.807, 2.05) is 0 Å². The van der Waals surface area contributed by atoms with Crippen molar-refractivity contribution in [2.24, 2.45) is 0 Å². The number of amides is 4. The Kier molecular flexibility index (Phi) is 3.73. The highest BCUT2D eigenvalue weighted by Crippen LogP contribution is 2.32. The molecule has 0 bridgehead atoms. The maximum atomic E-state index is 12.7. The van der Waals surface area contributed by atoms with Crippen molar-refractivity contribution in [3.8, 4) is 0 Å². The molecule has 0 aliphatic carbocycles. The minimum Gasteiger partial charge on any atom is -0.274 e. The predicted molar refractivity (Wildman–Crippen MR) is 97.4 cm³/mol. The molecular weight excluding hydrogens is 344 g/mol. The summed E-state index contributed by atoms with van der Waals surface area (Å²) in [4.78, 5) is 52.9. The molecule has 2 aliphatic heterocycles. The fraction of sp³-hybridized carbons (Fsp3) is 0.238. The van der Waals surface area contributed by atoms with Crippen LogP contribution >= 0.6 is 0 Å². The molecule has 6 heteroatoms. The van der Waals surface area contributed by atoms with Crippen molar-refractivity contribution in [2.75, 3.05) is 6.54 Å². The van der Waals surface area contributed by atoms with Crippen molar-refractivity contribution >= 4 is 23.6 Å². The number of hydrogen-bond acceptors (Lipinski definition) is 4. The van der Waals surface area contributed by atoms with Gasteiger partial charge >= 0.3 is 0 Å². The summed E-state index contributed by atoms with van der Waals surface area (Å²) in [6, 6.07) is 13.4. The molecule has 4 rings (SSSR count). The lowest BCUT2D eigenvalue weighted by Gasteiger charge is -2.34. The number of hydrogen-bond donors (Lipinski definition) is 0. The van der Waals surface area contributed by atoms with Crippen molar-refractivity contribution in [2.45, 2.75) is 25.8 Å². The topological polar surface area (TPSA) is 74.8 Å². The third-order valence-corrected chi connectivity index (χ3v) is 5.22. The van der Waals surface area contributed by atoms with Crippen molar-refractivity contribution < 1.29 is 19.2 Å². The molecular formula is C21H18N2O4. The Morgan fingerprint density at radius 1 is 0.667 bits per heavy atom. The molecule has 136 valence electrons. The number of imide groups is 2. The van der Waals surface area contributed by atoms with Gasteiger partial charge in [-0.1, -0.05) is 24.3 Å². The third kappa shape index (κ3) is 2.48. The van der Waals surface area contributed by atoms with Gasteiger partial charge in [-0.2, -0.15) is 0 Å². The van der Waals surface area contributed by atoms with E-state index in [0.29, 0.717) is 28.7 Å². The monoisotopic (exact) mass is 362 g/mol. The number of rotatable bonds is 4. The van der Waals surface area contributed by atoms with Crippen LogP contribution in [0, 0.1) is 0 Å². The van der Waals surface area contributed by atoms with Gasteiger partial charge in [-0.25, -0.2) is 0 Å². The molecule has 4 amide bonds. The quantitative estimate of drug-likeness (QED) is 0.784. The number of carbonyl (C=O) groups is 4. The molecule has 0 fully saturated rings. The highest BCUT2D eigenvalue weighted by molar-refractivity contribution is 6.22. The molecule has 0 saturated carbocycles. The number of carbonyl (C=O) groups excluding carboxylic acids is 4. The van der Waals surface area contributed by atoms with Crippen LogP contribution in [0.3, 0.4) is 0 Å². The van der Waals surface area contributed by atoms with Gasteiger partial charge in [0.15, 0.2) is 0 Å². The first-order chi connectivity index (χ1) is 12.8. The summed E-state index contributed by atoms with van der Waals surface area (Å²) in [5.41, 5.74) is 0.706. The highest BCUT2D eigenvalue weighted by Gasteiger charge is 2.45. The second-order valence-corrected chi connectivity index (χ2v) is 7.36. The lowest BCUT2D eigenvalue weighted by atomic mass is 9.97. The number of nitrogens with zero attached hydrogens (tertiary/aromatic N) is 2. The van der Waals surface area contributed by atoms with E-state index < -0.39 is 5.54 Å². The molecule has 0 N–H and O–H groups in total. The van der Waals surface area contributed by atoms with Crippen LogP contribution in [0.1, 0.15) is 61.7 Å². The minimum atomic E-state index is -0.845. The van der Waals surface area contributed by atoms with E-state index in [1.54, 1.807) is 62.4 Å². The van der Waals surface area contributed by atoms with Gasteiger partial charge in [0.1, 0.15) is 0 Å². The minimum absolute atomic E-state index is 0.132. The average Bonchev–Trinajstić information content (AvgIpc) is 3.06. The molecule has 0 radical (unpaired) electrons. The lowest BCUT2D eigenvalue weighted by Crippen LogP contribution is -2.49. The molecule has 0 unspecified atom stereocenters. The van der Waals surface area contributed by atoms with Crippen LogP contribution < -0.4 is 0 Å². The fourth-order valence-electron chi connectivity index (χ4n) is 3.68. The van der Waals surface area contributed by atoms with Crippen LogP contribution in [0.4, 0.5) is 0 Å². The second kappa shape index (κ2) is 5.87. The first-order valence-corrected chi connectivity index (χ1v) is 8.76. The highest BCUT2D eigenvalue weighted by atomic mass is 16.2. The van der Waals surface area contributed by atoms with E-state index in [0.717, 1.165) is 0 Å². The Labute approximate surface area is 156 Å². The van der Waals surface area contributed by atoms with Crippen LogP contribution in [-0.2, 0) is 0 Å². The average molecular weight is 362 g/mol. The molecule has 0 spiro atoms. The number of fused-ring (bicyclic) bond motifs is 2. The molecule has 2 heterocycles. The summed E-state index contributed by atoms with van der Waals surface area (Å²) < 4.78 is 0. The first-order valence-electron chi connectivity index (χ1n) is 8.76. The first kappa shape index (κ1) is 17.1. The Morgan fingerprint density at radius 3 is 1.44 bits per heavy atom. The lowest BCUT2D eigenvalue weighted by molar-refractivity contribution is 0.0443. The Bertz CT molecular complexity index is 939. The number of benzene rings is 2. The van der Waals surface area contributed by atoms with Gasteiger partial charge in [-0.05, 0) is 44.5 Å². The Morgan fingerprint density at radius 2 is 1.04 bits per heavy atom. The van der Waals surface area contributed by atoms with Crippen LogP contribution in [0.15, 0.2) is 48.5 Å². The second-order valence-electron chi connectivity index (χ2n) is 7.36. The molecule has 0 atom stereocenters. The van der Waals surface area contributed by atoms with Crippen molar-refractivity contribution in [3.05, 3.63) is 70.8 Å². The zero-order valence-corrected chi connectivity index (χ0v) is 15.1. The van der Waals surface area contributed by atoms with E-state index in [2.05, 4.69) is 0 Å². The zero-order valence-electron chi connectivity index (χ0n) is 15.1.